The lowest BCUT2D eigenvalue weighted by molar-refractivity contribution is 0.102. The molecule has 0 atom stereocenters. The molecule has 2 aromatic carbocycles. The second-order valence-corrected chi connectivity index (χ2v) is 6.44. The maximum absolute atomic E-state index is 12.7. The molecule has 0 spiro atoms. The number of hydrogen-bond acceptors (Lipinski definition) is 2. The number of aryl methyl sites for hydroxylation is 3. The highest BCUT2D eigenvalue weighted by Crippen LogP contribution is 2.32. The molecule has 2 N–H and O–H groups in total. The lowest BCUT2D eigenvalue weighted by atomic mass is 10.0. The fraction of sp³-hybridized carbons (Fsp3) is 0.200. The molecule has 4 nitrogen and oxygen atoms in total. The summed E-state index contributed by atoms with van der Waals surface area (Å²) >= 11 is 6.15. The molecule has 3 rings (SSSR count). The van der Waals surface area contributed by atoms with E-state index in [0.29, 0.717) is 16.3 Å². The van der Waals surface area contributed by atoms with Gasteiger partial charge in [0.2, 0.25) is 0 Å². The van der Waals surface area contributed by atoms with E-state index in [1.54, 1.807) is 24.3 Å². The molecule has 0 aliphatic heterocycles. The smallest absolute Gasteiger partial charge is 0.257 e. The largest absolute Gasteiger partial charge is 0.318 e. The third kappa shape index (κ3) is 3.44. The maximum atomic E-state index is 12.7. The summed E-state index contributed by atoms with van der Waals surface area (Å²) in [7, 11) is 0. The van der Waals surface area contributed by atoms with Crippen LogP contribution in [0.1, 0.15) is 34.1 Å². The lowest BCUT2D eigenvalue weighted by Crippen LogP contribution is -2.14. The first-order chi connectivity index (χ1) is 12.0. The van der Waals surface area contributed by atoms with E-state index in [9.17, 15) is 4.79 Å². The van der Waals surface area contributed by atoms with E-state index in [1.807, 2.05) is 26.0 Å². The number of carbonyl (C=O) groups excluding carboxylic acids is 1. The summed E-state index contributed by atoms with van der Waals surface area (Å²) < 4.78 is 0. The number of rotatable bonds is 4. The molecule has 0 unspecified atom stereocenters. The number of carbonyl (C=O) groups is 1. The predicted molar refractivity (Wildman–Crippen MR) is 102 cm³/mol. The normalized spacial score (nSPS) is 10.7. The Balaban J connectivity index is 2.03. The van der Waals surface area contributed by atoms with Crippen LogP contribution in [0, 0.1) is 13.8 Å². The fourth-order valence-electron chi connectivity index (χ4n) is 2.87. The number of nitrogens with zero attached hydrogens (tertiary/aromatic N) is 1. The van der Waals surface area contributed by atoms with Crippen molar-refractivity contribution in [3.63, 3.8) is 0 Å². The minimum absolute atomic E-state index is 0.243. The van der Waals surface area contributed by atoms with Crippen LogP contribution in [0.3, 0.4) is 0 Å². The number of aromatic nitrogens is 2. The number of hydrogen-bond donors (Lipinski definition) is 2. The average molecular weight is 354 g/mol. The zero-order valence-electron chi connectivity index (χ0n) is 14.5. The number of aromatic amines is 1. The van der Waals surface area contributed by atoms with Crippen molar-refractivity contribution in [2.24, 2.45) is 0 Å². The van der Waals surface area contributed by atoms with Gasteiger partial charge in [0.25, 0.3) is 5.91 Å². The van der Waals surface area contributed by atoms with Crippen LogP contribution in [-0.4, -0.2) is 16.1 Å². The van der Waals surface area contributed by atoms with E-state index in [0.717, 1.165) is 28.9 Å². The molecule has 0 radical (unpaired) electrons. The number of amides is 1. The standard InChI is InChI=1S/C20H20ClN3O/c1-4-17-19(22-20(25)15-7-5-6-8-16(15)21)18(24-23-17)14-10-9-12(2)11-13(14)3/h5-11H,4H2,1-3H3,(H,22,25)(H,23,24). The second kappa shape index (κ2) is 7.11. The van der Waals surface area contributed by atoms with E-state index in [-0.39, 0.29) is 5.91 Å². The molecule has 1 amide bonds. The van der Waals surface area contributed by atoms with Crippen molar-refractivity contribution in [2.75, 3.05) is 5.32 Å². The molecule has 0 saturated heterocycles. The Bertz CT molecular complexity index is 930. The first kappa shape index (κ1) is 17.2. The molecular weight excluding hydrogens is 334 g/mol. The van der Waals surface area contributed by atoms with E-state index in [1.165, 1.54) is 5.56 Å². The van der Waals surface area contributed by atoms with Crippen molar-refractivity contribution in [2.45, 2.75) is 27.2 Å². The highest BCUT2D eigenvalue weighted by atomic mass is 35.5. The Labute approximate surface area is 152 Å². The Morgan fingerprint density at radius 3 is 2.64 bits per heavy atom. The van der Waals surface area contributed by atoms with Crippen molar-refractivity contribution >= 4 is 23.2 Å². The van der Waals surface area contributed by atoms with Gasteiger partial charge in [0, 0.05) is 5.56 Å². The number of benzene rings is 2. The molecule has 1 aromatic heterocycles. The molecule has 25 heavy (non-hydrogen) atoms. The summed E-state index contributed by atoms with van der Waals surface area (Å²) in [6.45, 7) is 6.12. The van der Waals surface area contributed by atoms with Crippen molar-refractivity contribution in [3.8, 4) is 11.3 Å². The molecule has 0 aliphatic rings. The second-order valence-electron chi connectivity index (χ2n) is 6.03. The molecule has 5 heteroatoms. The maximum Gasteiger partial charge on any atom is 0.257 e. The number of halogens is 1. The monoisotopic (exact) mass is 353 g/mol. The van der Waals surface area contributed by atoms with Gasteiger partial charge in [-0.25, -0.2) is 0 Å². The summed E-state index contributed by atoms with van der Waals surface area (Å²) in [5.41, 5.74) is 6.08. The van der Waals surface area contributed by atoms with Gasteiger partial charge in [-0.3, -0.25) is 9.89 Å². The van der Waals surface area contributed by atoms with Gasteiger partial charge in [0.05, 0.1) is 22.0 Å². The Morgan fingerprint density at radius 2 is 1.96 bits per heavy atom. The molecular formula is C20H20ClN3O. The summed E-state index contributed by atoms with van der Waals surface area (Å²) in [6.07, 6.45) is 0.732. The molecule has 0 aliphatic carbocycles. The quantitative estimate of drug-likeness (QED) is 0.680. The van der Waals surface area contributed by atoms with Gasteiger partial charge in [-0.05, 0) is 38.0 Å². The van der Waals surface area contributed by atoms with Crippen LogP contribution < -0.4 is 5.32 Å². The lowest BCUT2D eigenvalue weighted by Gasteiger charge is -2.11. The number of anilines is 1. The summed E-state index contributed by atoms with van der Waals surface area (Å²) in [6, 6.07) is 13.2. The van der Waals surface area contributed by atoms with Crippen LogP contribution >= 0.6 is 11.6 Å². The first-order valence-corrected chi connectivity index (χ1v) is 8.59. The van der Waals surface area contributed by atoms with Gasteiger partial charge < -0.3 is 5.32 Å². The first-order valence-electron chi connectivity index (χ1n) is 8.22. The van der Waals surface area contributed by atoms with Crippen LogP contribution in [0.2, 0.25) is 5.02 Å². The van der Waals surface area contributed by atoms with E-state index < -0.39 is 0 Å². The van der Waals surface area contributed by atoms with Crippen LogP contribution in [0.4, 0.5) is 5.69 Å². The van der Waals surface area contributed by atoms with Crippen LogP contribution in [0.5, 0.6) is 0 Å². The zero-order valence-corrected chi connectivity index (χ0v) is 15.2. The number of H-pyrrole nitrogens is 1. The average Bonchev–Trinajstić information content (AvgIpc) is 2.97. The molecule has 3 aromatic rings. The zero-order chi connectivity index (χ0) is 18.0. The molecule has 1 heterocycles. The summed E-state index contributed by atoms with van der Waals surface area (Å²) in [4.78, 5) is 12.7. The van der Waals surface area contributed by atoms with E-state index in [4.69, 9.17) is 11.6 Å². The van der Waals surface area contributed by atoms with Crippen molar-refractivity contribution < 1.29 is 4.79 Å². The Hall–Kier alpha value is -2.59. The highest BCUT2D eigenvalue weighted by Gasteiger charge is 2.19. The van der Waals surface area contributed by atoms with E-state index >= 15 is 0 Å². The van der Waals surface area contributed by atoms with Gasteiger partial charge in [-0.2, -0.15) is 5.10 Å². The molecule has 0 saturated carbocycles. The van der Waals surface area contributed by atoms with Crippen molar-refractivity contribution in [1.29, 1.82) is 0 Å². The van der Waals surface area contributed by atoms with Crippen molar-refractivity contribution in [1.82, 2.24) is 10.2 Å². The van der Waals surface area contributed by atoms with Gasteiger partial charge in [-0.1, -0.05) is 54.4 Å². The van der Waals surface area contributed by atoms with Gasteiger partial charge in [0.1, 0.15) is 5.69 Å². The van der Waals surface area contributed by atoms with Crippen LogP contribution in [0.15, 0.2) is 42.5 Å². The SMILES string of the molecule is CCc1[nH]nc(-c2ccc(C)cc2C)c1NC(=O)c1ccccc1Cl. The van der Waals surface area contributed by atoms with Crippen LogP contribution in [-0.2, 0) is 6.42 Å². The molecule has 128 valence electrons. The minimum Gasteiger partial charge on any atom is -0.318 e. The Kier molecular flexibility index (Phi) is 4.91. The number of nitrogens with one attached hydrogen (secondary N) is 2. The molecule has 0 fully saturated rings. The van der Waals surface area contributed by atoms with Gasteiger partial charge >= 0.3 is 0 Å². The molecule has 0 bridgehead atoms. The summed E-state index contributed by atoms with van der Waals surface area (Å²) in [5, 5.41) is 10.9. The van der Waals surface area contributed by atoms with Gasteiger partial charge in [-0.15, -0.1) is 0 Å². The van der Waals surface area contributed by atoms with Gasteiger partial charge in [0.15, 0.2) is 0 Å². The summed E-state index contributed by atoms with van der Waals surface area (Å²) in [5.74, 6) is -0.243. The third-order valence-electron chi connectivity index (χ3n) is 4.19. The Morgan fingerprint density at radius 1 is 1.20 bits per heavy atom. The third-order valence-corrected chi connectivity index (χ3v) is 4.52. The fourth-order valence-corrected chi connectivity index (χ4v) is 3.09. The predicted octanol–water partition coefficient (Wildman–Crippen LogP) is 5.16. The van der Waals surface area contributed by atoms with E-state index in [2.05, 4.69) is 28.5 Å². The highest BCUT2D eigenvalue weighted by molar-refractivity contribution is 6.34. The topological polar surface area (TPSA) is 57.8 Å². The van der Waals surface area contributed by atoms with Crippen LogP contribution in [0.25, 0.3) is 11.3 Å². The minimum atomic E-state index is -0.243. The van der Waals surface area contributed by atoms with Crippen molar-refractivity contribution in [3.05, 3.63) is 69.9 Å².